The number of halogens is 2. The highest BCUT2D eigenvalue weighted by molar-refractivity contribution is 6.00. The molecule has 4 rings (SSSR count). The van der Waals surface area contributed by atoms with Crippen LogP contribution in [-0.4, -0.2) is 45.5 Å². The van der Waals surface area contributed by atoms with Crippen LogP contribution < -0.4 is 11.5 Å². The molecule has 3 aromatic carbocycles. The van der Waals surface area contributed by atoms with Crippen LogP contribution in [0.1, 0.15) is 44.9 Å². The standard InChI is InChI=1S/C29H33N7O.2ClH/c1-19-23(29(37)36(18-16-25(30)31)17-15-20-5-3-2-4-6-20)12-13-24-27(19)35-26(34-24)14-9-21-7-10-22(11-8-21)28(32)33;;/h2-8,10-13H,9,14-18H2,1H3,(H3,30,31)(H3,32,33)(H,34,35);2*1H. The predicted octanol–water partition coefficient (Wildman–Crippen LogP) is 4.80. The van der Waals surface area contributed by atoms with E-state index >= 15 is 0 Å². The number of nitrogens with zero attached hydrogens (tertiary/aromatic N) is 2. The summed E-state index contributed by atoms with van der Waals surface area (Å²) >= 11 is 0. The number of carbonyl (C=O) groups is 1. The van der Waals surface area contributed by atoms with Gasteiger partial charge in [-0.15, -0.1) is 24.8 Å². The minimum absolute atomic E-state index is 0. The number of fused-ring (bicyclic) bond motifs is 1. The van der Waals surface area contributed by atoms with Crippen LogP contribution in [0.15, 0.2) is 66.7 Å². The fraction of sp³-hybridized carbons (Fsp3) is 0.241. The number of nitrogens with two attached hydrogens (primary N) is 2. The summed E-state index contributed by atoms with van der Waals surface area (Å²) in [5, 5.41) is 15.1. The lowest BCUT2D eigenvalue weighted by Crippen LogP contribution is -2.36. The molecule has 0 saturated carbocycles. The van der Waals surface area contributed by atoms with E-state index in [1.54, 1.807) is 4.90 Å². The first-order chi connectivity index (χ1) is 17.8. The molecular formula is C29H35Cl2N7O. The molecule has 8 nitrogen and oxygen atoms in total. The minimum atomic E-state index is -0.0771. The first-order valence-electron chi connectivity index (χ1n) is 12.4. The number of amides is 1. The summed E-state index contributed by atoms with van der Waals surface area (Å²) in [4.78, 5) is 23.6. The molecule has 0 aliphatic rings. The number of aromatic nitrogens is 2. The second-order valence-corrected chi connectivity index (χ2v) is 9.23. The fourth-order valence-electron chi connectivity index (χ4n) is 4.38. The summed E-state index contributed by atoms with van der Waals surface area (Å²) in [6.45, 7) is 2.87. The van der Waals surface area contributed by atoms with E-state index in [0.29, 0.717) is 30.6 Å². The van der Waals surface area contributed by atoms with Crippen molar-refractivity contribution in [2.45, 2.75) is 32.6 Å². The van der Waals surface area contributed by atoms with Crippen molar-refractivity contribution in [3.8, 4) is 0 Å². The Morgan fingerprint density at radius 2 is 1.54 bits per heavy atom. The zero-order chi connectivity index (χ0) is 26.4. The van der Waals surface area contributed by atoms with Gasteiger partial charge >= 0.3 is 0 Å². The maximum Gasteiger partial charge on any atom is 0.254 e. The number of benzene rings is 3. The Morgan fingerprint density at radius 3 is 2.18 bits per heavy atom. The molecule has 0 bridgehead atoms. The number of H-pyrrole nitrogens is 1. The number of amidine groups is 2. The first-order valence-corrected chi connectivity index (χ1v) is 12.4. The molecule has 0 unspecified atom stereocenters. The van der Waals surface area contributed by atoms with Crippen molar-refractivity contribution in [1.29, 1.82) is 10.8 Å². The highest BCUT2D eigenvalue weighted by Gasteiger charge is 2.20. The summed E-state index contributed by atoms with van der Waals surface area (Å²) in [6.07, 6.45) is 2.58. The quantitative estimate of drug-likeness (QED) is 0.131. The van der Waals surface area contributed by atoms with Gasteiger partial charge in [-0.05, 0) is 48.6 Å². The average molecular weight is 569 g/mol. The van der Waals surface area contributed by atoms with Gasteiger partial charge in [0.15, 0.2) is 0 Å². The van der Waals surface area contributed by atoms with Crippen molar-refractivity contribution in [2.75, 3.05) is 13.1 Å². The van der Waals surface area contributed by atoms with Crippen molar-refractivity contribution in [2.24, 2.45) is 11.5 Å². The number of imidazole rings is 1. The summed E-state index contributed by atoms with van der Waals surface area (Å²) in [6, 6.07) is 21.5. The van der Waals surface area contributed by atoms with Crippen LogP contribution >= 0.6 is 24.8 Å². The van der Waals surface area contributed by atoms with Gasteiger partial charge in [-0.1, -0.05) is 54.6 Å². The third-order valence-corrected chi connectivity index (χ3v) is 6.55. The summed E-state index contributed by atoms with van der Waals surface area (Å²) in [5.41, 5.74) is 17.3. The number of rotatable bonds is 11. The minimum Gasteiger partial charge on any atom is -0.388 e. The first kappa shape index (κ1) is 31.3. The highest BCUT2D eigenvalue weighted by Crippen LogP contribution is 2.22. The molecular weight excluding hydrogens is 533 g/mol. The zero-order valence-corrected chi connectivity index (χ0v) is 23.5. The van der Waals surface area contributed by atoms with Crippen molar-refractivity contribution >= 4 is 53.4 Å². The third kappa shape index (κ3) is 8.05. The molecule has 206 valence electrons. The maximum atomic E-state index is 13.6. The average Bonchev–Trinajstić information content (AvgIpc) is 3.32. The molecule has 0 fully saturated rings. The van der Waals surface area contributed by atoms with Crippen LogP contribution in [0.5, 0.6) is 0 Å². The zero-order valence-electron chi connectivity index (χ0n) is 21.9. The summed E-state index contributed by atoms with van der Waals surface area (Å²) in [5.74, 6) is 0.907. The molecule has 7 N–H and O–H groups in total. The molecule has 0 aliphatic heterocycles. The molecule has 10 heteroatoms. The second-order valence-electron chi connectivity index (χ2n) is 9.23. The number of aryl methyl sites for hydroxylation is 3. The van der Waals surface area contributed by atoms with Gasteiger partial charge in [0.2, 0.25) is 0 Å². The molecule has 0 saturated heterocycles. The maximum absolute atomic E-state index is 13.6. The molecule has 0 radical (unpaired) electrons. The van der Waals surface area contributed by atoms with Gasteiger partial charge in [-0.3, -0.25) is 15.6 Å². The molecule has 1 aromatic heterocycles. The number of aromatic amines is 1. The SMILES string of the molecule is Cc1c(C(=O)N(CCC(=N)N)CCc2ccccc2)ccc2[nH]c(CCc3ccc(C(=N)N)cc3)nc12.Cl.Cl. The van der Waals surface area contributed by atoms with Crippen LogP contribution in [0.4, 0.5) is 0 Å². The molecule has 0 atom stereocenters. The van der Waals surface area contributed by atoms with Gasteiger partial charge in [0.25, 0.3) is 5.91 Å². The largest absolute Gasteiger partial charge is 0.388 e. The molecule has 4 aromatic rings. The topological polar surface area (TPSA) is 149 Å². The Labute approximate surface area is 241 Å². The Kier molecular flexibility index (Phi) is 11.5. The lowest BCUT2D eigenvalue weighted by molar-refractivity contribution is 0.0761. The van der Waals surface area contributed by atoms with Crippen LogP contribution in [0, 0.1) is 17.7 Å². The van der Waals surface area contributed by atoms with Gasteiger partial charge in [-0.25, -0.2) is 4.98 Å². The van der Waals surface area contributed by atoms with Crippen LogP contribution in [-0.2, 0) is 19.3 Å². The summed E-state index contributed by atoms with van der Waals surface area (Å²) < 4.78 is 0. The number of hydrogen-bond donors (Lipinski definition) is 5. The molecule has 1 amide bonds. The monoisotopic (exact) mass is 567 g/mol. The van der Waals surface area contributed by atoms with Crippen LogP contribution in [0.2, 0.25) is 0 Å². The van der Waals surface area contributed by atoms with E-state index < -0.39 is 0 Å². The van der Waals surface area contributed by atoms with Gasteiger partial charge in [0.1, 0.15) is 11.7 Å². The fourth-order valence-corrected chi connectivity index (χ4v) is 4.38. The van der Waals surface area contributed by atoms with Gasteiger partial charge in [0, 0.05) is 37.1 Å². The third-order valence-electron chi connectivity index (χ3n) is 6.55. The number of nitrogen functional groups attached to an aromatic ring is 1. The Hall–Kier alpha value is -3.88. The molecule has 0 aliphatic carbocycles. The van der Waals surface area contributed by atoms with Gasteiger partial charge in [-0.2, -0.15) is 0 Å². The van der Waals surface area contributed by atoms with Gasteiger partial charge in [0.05, 0.1) is 16.9 Å². The number of nitrogens with one attached hydrogen (secondary N) is 3. The van der Waals surface area contributed by atoms with E-state index in [-0.39, 0.29) is 42.4 Å². The van der Waals surface area contributed by atoms with E-state index in [2.05, 4.69) is 4.98 Å². The van der Waals surface area contributed by atoms with E-state index in [4.69, 9.17) is 27.3 Å². The van der Waals surface area contributed by atoms with E-state index in [0.717, 1.165) is 52.8 Å². The summed E-state index contributed by atoms with van der Waals surface area (Å²) in [7, 11) is 0. The molecule has 39 heavy (non-hydrogen) atoms. The number of carbonyl (C=O) groups excluding carboxylic acids is 1. The van der Waals surface area contributed by atoms with Crippen molar-refractivity contribution in [3.63, 3.8) is 0 Å². The van der Waals surface area contributed by atoms with Crippen LogP contribution in [0.25, 0.3) is 11.0 Å². The second kappa shape index (κ2) is 14.3. The van der Waals surface area contributed by atoms with Crippen molar-refractivity contribution in [3.05, 3.63) is 100 Å². The smallest absolute Gasteiger partial charge is 0.254 e. The van der Waals surface area contributed by atoms with E-state index in [9.17, 15) is 4.79 Å². The van der Waals surface area contributed by atoms with Gasteiger partial charge < -0.3 is 21.4 Å². The Bertz CT molecular complexity index is 1420. The van der Waals surface area contributed by atoms with Crippen LogP contribution in [0.3, 0.4) is 0 Å². The lowest BCUT2D eigenvalue weighted by Gasteiger charge is -2.23. The highest BCUT2D eigenvalue weighted by atomic mass is 35.5. The number of hydrogen-bond acceptors (Lipinski definition) is 4. The van der Waals surface area contributed by atoms with E-state index in [1.165, 1.54) is 0 Å². The Balaban J connectivity index is 0.00000267. The van der Waals surface area contributed by atoms with Crippen molar-refractivity contribution < 1.29 is 4.79 Å². The molecule has 1 heterocycles. The van der Waals surface area contributed by atoms with E-state index in [1.807, 2.05) is 73.7 Å². The molecule has 0 spiro atoms. The Morgan fingerprint density at radius 1 is 0.872 bits per heavy atom. The normalized spacial score (nSPS) is 10.4. The predicted molar refractivity (Wildman–Crippen MR) is 163 cm³/mol. The lowest BCUT2D eigenvalue weighted by atomic mass is 10.0. The van der Waals surface area contributed by atoms with Crippen molar-refractivity contribution in [1.82, 2.24) is 14.9 Å².